The van der Waals surface area contributed by atoms with E-state index in [2.05, 4.69) is 69.0 Å². The Labute approximate surface area is 194 Å². The van der Waals surface area contributed by atoms with Gasteiger partial charge in [0.05, 0.1) is 24.9 Å². The molecule has 4 rings (SSSR count). The van der Waals surface area contributed by atoms with Crippen LogP contribution in [-0.4, -0.2) is 51.0 Å². The summed E-state index contributed by atoms with van der Waals surface area (Å²) in [5, 5.41) is 10.0. The SMILES string of the molecule is C/C(=C\c1ccccc1)CN(C)Cc1nnc(SCc2ccccn2)n1C[C@H]1CCCO1. The second kappa shape index (κ2) is 11.4. The molecule has 3 heterocycles. The summed E-state index contributed by atoms with van der Waals surface area (Å²) < 4.78 is 8.16. The van der Waals surface area contributed by atoms with E-state index in [0.29, 0.717) is 0 Å². The topological polar surface area (TPSA) is 56.1 Å². The lowest BCUT2D eigenvalue weighted by Crippen LogP contribution is -2.24. The number of likely N-dealkylation sites (N-methyl/N-ethyl adjacent to an activating group) is 1. The molecule has 0 unspecified atom stereocenters. The molecule has 6 nitrogen and oxygen atoms in total. The first-order chi connectivity index (χ1) is 15.7. The second-order valence-electron chi connectivity index (χ2n) is 8.33. The van der Waals surface area contributed by atoms with E-state index in [1.165, 1.54) is 11.1 Å². The minimum absolute atomic E-state index is 0.240. The van der Waals surface area contributed by atoms with Crippen LogP contribution in [0.4, 0.5) is 0 Å². The highest BCUT2D eigenvalue weighted by Crippen LogP contribution is 2.24. The molecule has 168 valence electrons. The summed E-state index contributed by atoms with van der Waals surface area (Å²) in [6.07, 6.45) is 6.53. The number of hydrogen-bond acceptors (Lipinski definition) is 6. The van der Waals surface area contributed by atoms with Crippen LogP contribution in [0.25, 0.3) is 6.08 Å². The summed E-state index contributed by atoms with van der Waals surface area (Å²) in [4.78, 5) is 6.72. The minimum Gasteiger partial charge on any atom is -0.376 e. The summed E-state index contributed by atoms with van der Waals surface area (Å²) in [7, 11) is 2.13. The molecule has 0 spiro atoms. The lowest BCUT2D eigenvalue weighted by Gasteiger charge is -2.19. The van der Waals surface area contributed by atoms with E-state index in [4.69, 9.17) is 4.74 Å². The highest BCUT2D eigenvalue weighted by molar-refractivity contribution is 7.98. The summed E-state index contributed by atoms with van der Waals surface area (Å²) >= 11 is 1.69. The monoisotopic (exact) mass is 449 g/mol. The van der Waals surface area contributed by atoms with Gasteiger partial charge in [-0.1, -0.05) is 59.8 Å². The van der Waals surface area contributed by atoms with Gasteiger partial charge >= 0.3 is 0 Å². The first kappa shape index (κ1) is 22.7. The quantitative estimate of drug-likeness (QED) is 0.419. The molecule has 1 saturated heterocycles. The molecule has 1 atom stereocenters. The van der Waals surface area contributed by atoms with E-state index >= 15 is 0 Å². The fourth-order valence-corrected chi connectivity index (χ4v) is 4.82. The van der Waals surface area contributed by atoms with Gasteiger partial charge < -0.3 is 9.30 Å². The molecule has 0 N–H and O–H groups in total. The Morgan fingerprint density at radius 2 is 2.03 bits per heavy atom. The first-order valence-electron chi connectivity index (χ1n) is 11.1. The van der Waals surface area contributed by atoms with Gasteiger partial charge in [0.25, 0.3) is 0 Å². The van der Waals surface area contributed by atoms with Crippen LogP contribution in [0.1, 0.15) is 36.8 Å². The molecular weight excluding hydrogens is 418 g/mol. The van der Waals surface area contributed by atoms with Crippen LogP contribution in [0.15, 0.2) is 65.5 Å². The summed E-state index contributed by atoms with van der Waals surface area (Å²) in [5.41, 5.74) is 3.59. The maximum Gasteiger partial charge on any atom is 0.191 e. The van der Waals surface area contributed by atoms with Crippen LogP contribution in [-0.2, 0) is 23.6 Å². The van der Waals surface area contributed by atoms with E-state index in [1.807, 2.05) is 30.5 Å². The van der Waals surface area contributed by atoms with Gasteiger partial charge in [0.1, 0.15) is 5.82 Å². The van der Waals surface area contributed by atoms with E-state index < -0.39 is 0 Å². The van der Waals surface area contributed by atoms with Crippen molar-refractivity contribution in [3.05, 3.63) is 77.4 Å². The maximum atomic E-state index is 5.91. The third-order valence-electron chi connectivity index (χ3n) is 5.42. The molecule has 7 heteroatoms. The Balaban J connectivity index is 1.44. The van der Waals surface area contributed by atoms with Crippen LogP contribution in [0.2, 0.25) is 0 Å². The third-order valence-corrected chi connectivity index (χ3v) is 6.42. The molecule has 1 aromatic carbocycles. The van der Waals surface area contributed by atoms with Gasteiger partial charge in [-0.2, -0.15) is 0 Å². The van der Waals surface area contributed by atoms with Crippen molar-refractivity contribution in [3.8, 4) is 0 Å². The van der Waals surface area contributed by atoms with Crippen LogP contribution in [0.3, 0.4) is 0 Å². The highest BCUT2D eigenvalue weighted by Gasteiger charge is 2.21. The Hall–Kier alpha value is -2.48. The Morgan fingerprint density at radius 3 is 2.78 bits per heavy atom. The number of ether oxygens (including phenoxy) is 1. The molecule has 0 bridgehead atoms. The lowest BCUT2D eigenvalue weighted by molar-refractivity contribution is 0.0935. The number of benzene rings is 1. The average Bonchev–Trinajstić information content (AvgIpc) is 3.44. The Bertz CT molecular complexity index is 1000. The standard InChI is InChI=1S/C25H31N5OS/c1-20(15-21-9-4-3-5-10-21)16-29(2)18-24-27-28-25(30(24)17-23-12-8-14-31-23)32-19-22-11-6-7-13-26-22/h3-7,9-11,13,15,23H,8,12,14,16-19H2,1-2H3/b20-15+/t23-/m1/s1. The number of nitrogens with zero attached hydrogens (tertiary/aromatic N) is 5. The van der Waals surface area contributed by atoms with Gasteiger partial charge in [-0.3, -0.25) is 9.88 Å². The molecule has 32 heavy (non-hydrogen) atoms. The van der Waals surface area contributed by atoms with E-state index in [-0.39, 0.29) is 6.10 Å². The van der Waals surface area contributed by atoms with Crippen molar-refractivity contribution in [1.82, 2.24) is 24.6 Å². The van der Waals surface area contributed by atoms with Crippen LogP contribution < -0.4 is 0 Å². The normalized spacial score (nSPS) is 16.7. The molecular formula is C25H31N5OS. The number of aromatic nitrogens is 4. The fraction of sp³-hybridized carbons (Fsp3) is 0.400. The molecule has 1 aliphatic heterocycles. The van der Waals surface area contributed by atoms with Gasteiger partial charge in [0, 0.05) is 25.1 Å². The first-order valence-corrected chi connectivity index (χ1v) is 12.1. The Kier molecular flexibility index (Phi) is 8.09. The zero-order valence-electron chi connectivity index (χ0n) is 18.9. The number of pyridine rings is 1. The van der Waals surface area contributed by atoms with Crippen molar-refractivity contribution >= 4 is 17.8 Å². The van der Waals surface area contributed by atoms with Crippen molar-refractivity contribution in [1.29, 1.82) is 0 Å². The van der Waals surface area contributed by atoms with Gasteiger partial charge in [-0.25, -0.2) is 0 Å². The van der Waals surface area contributed by atoms with Crippen molar-refractivity contribution in [2.24, 2.45) is 0 Å². The molecule has 1 fully saturated rings. The molecule has 0 amide bonds. The molecule has 0 saturated carbocycles. The summed E-state index contributed by atoms with van der Waals surface area (Å²) in [6.45, 7) is 5.44. The molecule has 2 aromatic heterocycles. The third kappa shape index (κ3) is 6.51. The highest BCUT2D eigenvalue weighted by atomic mass is 32.2. The molecule has 0 radical (unpaired) electrons. The predicted molar refractivity (Wildman–Crippen MR) is 129 cm³/mol. The van der Waals surface area contributed by atoms with Gasteiger partial charge in [0.15, 0.2) is 5.16 Å². The van der Waals surface area contributed by atoms with Gasteiger partial charge in [-0.15, -0.1) is 10.2 Å². The van der Waals surface area contributed by atoms with Crippen LogP contribution in [0, 0.1) is 0 Å². The van der Waals surface area contributed by atoms with Crippen molar-refractivity contribution in [3.63, 3.8) is 0 Å². The number of hydrogen-bond donors (Lipinski definition) is 0. The van der Waals surface area contributed by atoms with Crippen molar-refractivity contribution in [2.75, 3.05) is 20.2 Å². The number of thioether (sulfide) groups is 1. The van der Waals surface area contributed by atoms with Gasteiger partial charge in [0.2, 0.25) is 0 Å². The second-order valence-corrected chi connectivity index (χ2v) is 9.27. The Morgan fingerprint density at radius 1 is 1.19 bits per heavy atom. The number of rotatable bonds is 10. The average molecular weight is 450 g/mol. The summed E-state index contributed by atoms with van der Waals surface area (Å²) in [5.74, 6) is 1.76. The van der Waals surface area contributed by atoms with Gasteiger partial charge in [-0.05, 0) is 44.5 Å². The van der Waals surface area contributed by atoms with E-state index in [9.17, 15) is 0 Å². The summed E-state index contributed by atoms with van der Waals surface area (Å²) in [6, 6.07) is 16.5. The van der Waals surface area contributed by atoms with Crippen molar-refractivity contribution < 1.29 is 4.74 Å². The van der Waals surface area contributed by atoms with E-state index in [0.717, 1.165) is 61.5 Å². The predicted octanol–water partition coefficient (Wildman–Crippen LogP) is 4.68. The molecule has 0 aliphatic carbocycles. The largest absolute Gasteiger partial charge is 0.376 e. The van der Waals surface area contributed by atoms with E-state index in [1.54, 1.807) is 11.8 Å². The van der Waals surface area contributed by atoms with Crippen LogP contribution >= 0.6 is 11.8 Å². The van der Waals surface area contributed by atoms with Crippen LogP contribution in [0.5, 0.6) is 0 Å². The maximum absolute atomic E-state index is 5.91. The lowest BCUT2D eigenvalue weighted by atomic mass is 10.1. The van der Waals surface area contributed by atoms with Crippen molar-refractivity contribution in [2.45, 2.75) is 49.9 Å². The smallest absolute Gasteiger partial charge is 0.191 e. The fourth-order valence-electron chi connectivity index (χ4n) is 3.94. The molecule has 3 aromatic rings. The zero-order valence-corrected chi connectivity index (χ0v) is 19.7. The molecule has 1 aliphatic rings. The minimum atomic E-state index is 0.240. The zero-order chi connectivity index (χ0) is 22.2.